The Morgan fingerprint density at radius 3 is 1.48 bits per heavy atom. The van der Waals surface area contributed by atoms with Gasteiger partial charge in [0.1, 0.15) is 89.6 Å². The summed E-state index contributed by atoms with van der Waals surface area (Å²) >= 11 is 0. The predicted octanol–water partition coefficient (Wildman–Crippen LogP) is -6.12. The van der Waals surface area contributed by atoms with Gasteiger partial charge in [-0.3, -0.25) is 4.57 Å². The highest BCUT2D eigenvalue weighted by atomic mass is 16.3. The fourth-order valence-corrected chi connectivity index (χ4v) is 10.2. The minimum absolute atomic E-state index is 0.569. The lowest BCUT2D eigenvalue weighted by molar-refractivity contribution is 0.669. The number of para-hydroxylation sites is 3. The number of aromatic nitrogens is 5. The Hall–Kier alpha value is -6.40. The first-order valence-electron chi connectivity index (χ1n) is 21.2. The van der Waals surface area contributed by atoms with E-state index in [2.05, 4.69) is 166 Å². The van der Waals surface area contributed by atoms with E-state index in [1.54, 1.807) is 0 Å². The Kier molecular flexibility index (Phi) is 8.35. The van der Waals surface area contributed by atoms with E-state index in [-0.39, 0.29) is 0 Å². The molecule has 0 atom stereocenters. The van der Waals surface area contributed by atoms with Crippen molar-refractivity contribution in [3.63, 3.8) is 0 Å². The van der Waals surface area contributed by atoms with Crippen LogP contribution in [0.25, 0.3) is 100.0 Å². The van der Waals surface area contributed by atoms with Crippen LogP contribution in [0.2, 0.25) is 0 Å². The molecule has 0 amide bonds. The summed E-state index contributed by atoms with van der Waals surface area (Å²) in [6.07, 6.45) is 0. The molecule has 0 aliphatic heterocycles. The van der Waals surface area contributed by atoms with E-state index < -0.39 is 0 Å². The normalized spacial score (nSPS) is 11.9. The standard InChI is InChI=1S/C45H37B10N5O/c46-30-29(31(47)33(49)34(50)32(30)48)44-56-43(23-11-7-15-27-28(23)22-10-3-6-14-26(22)61-27)57-45(58-44)60-25-13-5-2-9-19(25)21-17-16-20-18-8-1-4-12-24(18)59(40(20)41(21)60)42-38(54)36(52)35(51)37(53)39(42)55/h1-17H,46-55H2. The van der Waals surface area contributed by atoms with Gasteiger partial charge in [-0.05, 0) is 24.3 Å². The number of hydrogen-bond acceptors (Lipinski definition) is 4. The van der Waals surface area contributed by atoms with Crippen LogP contribution in [0, 0.1) is 0 Å². The van der Waals surface area contributed by atoms with E-state index in [0.717, 1.165) is 60.4 Å². The van der Waals surface area contributed by atoms with E-state index >= 15 is 0 Å². The zero-order chi connectivity index (χ0) is 42.2. The van der Waals surface area contributed by atoms with Crippen molar-refractivity contribution in [1.82, 2.24) is 24.1 Å². The first-order valence-corrected chi connectivity index (χ1v) is 21.2. The second kappa shape index (κ2) is 13.6. The second-order valence-electron chi connectivity index (χ2n) is 17.1. The Labute approximate surface area is 363 Å². The van der Waals surface area contributed by atoms with Crippen LogP contribution in [-0.2, 0) is 0 Å². The largest absolute Gasteiger partial charge is 0.456 e. The van der Waals surface area contributed by atoms with Crippen molar-refractivity contribution in [3.05, 3.63) is 103 Å². The molecule has 0 aliphatic carbocycles. The maximum Gasteiger partial charge on any atom is 0.238 e. The van der Waals surface area contributed by atoms with Crippen LogP contribution in [0.1, 0.15) is 0 Å². The highest BCUT2D eigenvalue weighted by molar-refractivity contribution is 6.69. The Morgan fingerprint density at radius 1 is 0.377 bits per heavy atom. The quantitative estimate of drug-likeness (QED) is 0.168. The van der Waals surface area contributed by atoms with Gasteiger partial charge in [0.25, 0.3) is 0 Å². The third-order valence-electron chi connectivity index (χ3n) is 14.3. The number of hydrogen-bond donors (Lipinski definition) is 0. The minimum Gasteiger partial charge on any atom is -0.456 e. The molecule has 0 fully saturated rings. The van der Waals surface area contributed by atoms with Crippen molar-refractivity contribution < 1.29 is 4.42 Å². The van der Waals surface area contributed by atoms with Gasteiger partial charge < -0.3 is 8.98 Å². The molecule has 0 saturated heterocycles. The van der Waals surface area contributed by atoms with E-state index in [1.807, 2.05) is 24.3 Å². The molecule has 0 aliphatic rings. The molecular formula is C45H37B10N5O. The van der Waals surface area contributed by atoms with Gasteiger partial charge in [-0.2, -0.15) is 9.97 Å². The van der Waals surface area contributed by atoms with Gasteiger partial charge in [-0.1, -0.05) is 112 Å². The SMILES string of the molecule is Bc1c(B)c(B)c(-c2nc(-c3cccc4oc5ccccc5c34)nc(-n3c4ccccc4c4ccc5c6ccccc6n(-c6c(B)c(B)c(B)c(B)c6B)c5c43)n2)c(B)c1B. The zero-order valence-electron chi connectivity index (χ0n) is 36.5. The maximum absolute atomic E-state index is 6.43. The van der Waals surface area contributed by atoms with E-state index in [9.17, 15) is 0 Å². The third-order valence-corrected chi connectivity index (χ3v) is 14.3. The lowest BCUT2D eigenvalue weighted by Gasteiger charge is -2.23. The molecule has 11 aromatic rings. The molecule has 61 heavy (non-hydrogen) atoms. The summed E-state index contributed by atoms with van der Waals surface area (Å²) in [6.45, 7) is 0. The average molecular weight is 772 g/mol. The van der Waals surface area contributed by atoms with Gasteiger partial charge in [0.15, 0.2) is 11.6 Å². The third kappa shape index (κ3) is 5.20. The fraction of sp³-hybridized carbons (Fsp3) is 0. The second-order valence-corrected chi connectivity index (χ2v) is 17.1. The van der Waals surface area contributed by atoms with E-state index in [4.69, 9.17) is 19.4 Å². The molecule has 7 aromatic carbocycles. The van der Waals surface area contributed by atoms with Crippen molar-refractivity contribution in [3.8, 4) is 34.4 Å². The molecule has 6 nitrogen and oxygen atoms in total. The van der Waals surface area contributed by atoms with Crippen LogP contribution < -0.4 is 54.6 Å². The molecular weight excluding hydrogens is 735 g/mol. The van der Waals surface area contributed by atoms with E-state index in [1.165, 1.54) is 76.6 Å². The van der Waals surface area contributed by atoms with Crippen LogP contribution in [0.3, 0.4) is 0 Å². The summed E-state index contributed by atoms with van der Waals surface area (Å²) in [6, 6.07) is 36.5. The Morgan fingerprint density at radius 2 is 0.852 bits per heavy atom. The number of fused-ring (bicyclic) bond motifs is 10. The zero-order valence-corrected chi connectivity index (χ0v) is 36.5. The molecule has 4 aromatic heterocycles. The van der Waals surface area contributed by atoms with Crippen LogP contribution in [0.5, 0.6) is 0 Å². The van der Waals surface area contributed by atoms with Crippen LogP contribution in [-0.4, -0.2) is 103 Å². The smallest absolute Gasteiger partial charge is 0.238 e. The molecule has 0 spiro atoms. The van der Waals surface area contributed by atoms with E-state index in [0.29, 0.717) is 17.6 Å². The molecule has 278 valence electrons. The molecule has 0 bridgehead atoms. The highest BCUT2D eigenvalue weighted by Crippen LogP contribution is 2.42. The molecule has 0 saturated carbocycles. The summed E-state index contributed by atoms with van der Waals surface area (Å²) in [5.41, 5.74) is 21.9. The van der Waals surface area contributed by atoms with Gasteiger partial charge in [0.2, 0.25) is 5.95 Å². The van der Waals surface area contributed by atoms with Gasteiger partial charge in [0.05, 0.1) is 22.1 Å². The maximum atomic E-state index is 6.43. The Balaban J connectivity index is 1.35. The molecule has 11 rings (SSSR count). The number of furan rings is 1. The summed E-state index contributed by atoms with van der Waals surface area (Å²) in [5.74, 6) is 1.82. The van der Waals surface area contributed by atoms with Crippen molar-refractivity contribution in [2.75, 3.05) is 0 Å². The van der Waals surface area contributed by atoms with Gasteiger partial charge >= 0.3 is 0 Å². The predicted molar refractivity (Wildman–Crippen MR) is 288 cm³/mol. The van der Waals surface area contributed by atoms with Crippen molar-refractivity contribution in [1.29, 1.82) is 0 Å². The summed E-state index contributed by atoms with van der Waals surface area (Å²) < 4.78 is 11.3. The van der Waals surface area contributed by atoms with Crippen LogP contribution >= 0.6 is 0 Å². The molecule has 0 unspecified atom stereocenters. The first kappa shape index (κ1) is 37.6. The van der Waals surface area contributed by atoms with Crippen molar-refractivity contribution in [2.24, 2.45) is 0 Å². The monoisotopic (exact) mass is 773 g/mol. The first-order chi connectivity index (χ1) is 29.5. The Bertz CT molecular complexity index is 3690. The van der Waals surface area contributed by atoms with Crippen molar-refractivity contribution >= 4 is 199 Å². The summed E-state index contributed by atoms with van der Waals surface area (Å²) in [7, 11) is 22.4. The lowest BCUT2D eigenvalue weighted by Crippen LogP contribution is -2.56. The van der Waals surface area contributed by atoms with Gasteiger partial charge in [-0.15, -0.1) is 21.9 Å². The van der Waals surface area contributed by atoms with Crippen LogP contribution in [0.4, 0.5) is 0 Å². The summed E-state index contributed by atoms with van der Waals surface area (Å²) in [5, 5.41) is 6.70. The minimum atomic E-state index is 0.569. The fourth-order valence-electron chi connectivity index (χ4n) is 10.2. The average Bonchev–Trinajstić information content (AvgIpc) is 3.94. The van der Waals surface area contributed by atoms with Gasteiger partial charge in [-0.25, -0.2) is 4.98 Å². The lowest BCUT2D eigenvalue weighted by atomic mass is 9.60. The molecule has 0 radical (unpaired) electrons. The van der Waals surface area contributed by atoms with Crippen LogP contribution in [0.15, 0.2) is 108 Å². The van der Waals surface area contributed by atoms with Crippen molar-refractivity contribution in [2.45, 2.75) is 0 Å². The molecule has 16 heteroatoms. The topological polar surface area (TPSA) is 61.7 Å². The number of nitrogens with zero attached hydrogens (tertiary/aromatic N) is 5. The highest BCUT2D eigenvalue weighted by Gasteiger charge is 2.27. The number of rotatable bonds is 4. The summed E-state index contributed by atoms with van der Waals surface area (Å²) in [4.78, 5) is 16.6. The van der Waals surface area contributed by atoms with Gasteiger partial charge in [0, 0.05) is 49.1 Å². The number of benzene rings is 7. The molecule has 4 heterocycles. The molecule has 0 N–H and O–H groups in total.